The smallest absolute Gasteiger partial charge is 0.0349 e. The zero-order valence-electron chi connectivity index (χ0n) is 13.7. The molecule has 0 aliphatic rings. The molecular weight excluding hydrogens is 254 g/mol. The summed E-state index contributed by atoms with van der Waals surface area (Å²) in [6.07, 6.45) is 1.11. The van der Waals surface area contributed by atoms with Gasteiger partial charge >= 0.3 is 0 Å². The van der Waals surface area contributed by atoms with Gasteiger partial charge in [-0.1, -0.05) is 67.9 Å². The van der Waals surface area contributed by atoms with Crippen molar-refractivity contribution in [3.8, 4) is 0 Å². The van der Waals surface area contributed by atoms with Crippen LogP contribution in [0.1, 0.15) is 42.1 Å². The lowest BCUT2D eigenvalue weighted by Gasteiger charge is -2.26. The van der Waals surface area contributed by atoms with Gasteiger partial charge in [0.15, 0.2) is 0 Å². The summed E-state index contributed by atoms with van der Waals surface area (Å²) in [7, 11) is 0. The molecule has 0 heterocycles. The first-order valence-electron chi connectivity index (χ1n) is 7.96. The summed E-state index contributed by atoms with van der Waals surface area (Å²) in [5, 5.41) is 3.65. The molecule has 0 amide bonds. The third-order valence-electron chi connectivity index (χ3n) is 4.20. The maximum Gasteiger partial charge on any atom is 0.0349 e. The molecule has 0 spiro atoms. The molecule has 2 rings (SSSR count). The minimum atomic E-state index is 0.413. The van der Waals surface area contributed by atoms with E-state index in [1.807, 2.05) is 0 Å². The molecule has 2 atom stereocenters. The van der Waals surface area contributed by atoms with Crippen molar-refractivity contribution >= 4 is 0 Å². The van der Waals surface area contributed by atoms with Gasteiger partial charge in [-0.05, 0) is 49.4 Å². The lowest BCUT2D eigenvalue weighted by atomic mass is 9.87. The molecule has 0 aliphatic carbocycles. The van der Waals surface area contributed by atoms with Crippen LogP contribution in [-0.2, 0) is 6.42 Å². The standard InChI is InChI=1S/C20H27N/c1-5-21-20(18-9-7-6-8-10-18)17(4)14-19-13-15(2)11-12-16(19)3/h6-13,17,20-21H,5,14H2,1-4H3. The van der Waals surface area contributed by atoms with E-state index in [0.717, 1.165) is 13.0 Å². The second-order valence-electron chi connectivity index (χ2n) is 6.06. The van der Waals surface area contributed by atoms with Crippen LogP contribution in [-0.4, -0.2) is 6.54 Å². The van der Waals surface area contributed by atoms with Crippen LogP contribution in [0.3, 0.4) is 0 Å². The van der Waals surface area contributed by atoms with Crippen LogP contribution in [0.4, 0.5) is 0 Å². The summed E-state index contributed by atoms with van der Waals surface area (Å²) < 4.78 is 0. The van der Waals surface area contributed by atoms with Gasteiger partial charge in [0.1, 0.15) is 0 Å². The number of nitrogens with one attached hydrogen (secondary N) is 1. The zero-order valence-corrected chi connectivity index (χ0v) is 13.7. The van der Waals surface area contributed by atoms with E-state index < -0.39 is 0 Å². The van der Waals surface area contributed by atoms with Gasteiger partial charge in [0.2, 0.25) is 0 Å². The van der Waals surface area contributed by atoms with Gasteiger partial charge in [-0.25, -0.2) is 0 Å². The van der Waals surface area contributed by atoms with E-state index in [2.05, 4.69) is 81.5 Å². The first-order chi connectivity index (χ1) is 10.1. The molecule has 1 heteroatoms. The highest BCUT2D eigenvalue weighted by Gasteiger charge is 2.19. The molecule has 112 valence electrons. The average molecular weight is 281 g/mol. The van der Waals surface area contributed by atoms with Crippen LogP contribution in [0, 0.1) is 19.8 Å². The number of aryl methyl sites for hydroxylation is 2. The molecule has 0 radical (unpaired) electrons. The van der Waals surface area contributed by atoms with Crippen LogP contribution >= 0.6 is 0 Å². The van der Waals surface area contributed by atoms with Crippen LogP contribution in [0.2, 0.25) is 0 Å². The van der Waals surface area contributed by atoms with E-state index >= 15 is 0 Å². The van der Waals surface area contributed by atoms with Crippen LogP contribution in [0.25, 0.3) is 0 Å². The number of rotatable bonds is 6. The van der Waals surface area contributed by atoms with E-state index in [-0.39, 0.29) is 0 Å². The van der Waals surface area contributed by atoms with E-state index in [0.29, 0.717) is 12.0 Å². The first-order valence-corrected chi connectivity index (χ1v) is 7.96. The van der Waals surface area contributed by atoms with Gasteiger partial charge < -0.3 is 5.32 Å². The molecule has 2 unspecified atom stereocenters. The molecule has 0 saturated carbocycles. The largest absolute Gasteiger partial charge is 0.310 e. The minimum Gasteiger partial charge on any atom is -0.310 e. The molecule has 0 saturated heterocycles. The lowest BCUT2D eigenvalue weighted by Crippen LogP contribution is -2.28. The highest BCUT2D eigenvalue weighted by Crippen LogP contribution is 2.26. The number of hydrogen-bond donors (Lipinski definition) is 1. The second kappa shape index (κ2) is 7.42. The second-order valence-corrected chi connectivity index (χ2v) is 6.06. The van der Waals surface area contributed by atoms with Crippen molar-refractivity contribution in [3.05, 3.63) is 70.8 Å². The van der Waals surface area contributed by atoms with Crippen LogP contribution in [0.5, 0.6) is 0 Å². The Morgan fingerprint density at radius 2 is 1.71 bits per heavy atom. The van der Waals surface area contributed by atoms with Gasteiger partial charge in [0.05, 0.1) is 0 Å². The zero-order chi connectivity index (χ0) is 15.2. The van der Waals surface area contributed by atoms with Gasteiger partial charge in [-0.2, -0.15) is 0 Å². The molecular formula is C20H27N. The predicted octanol–water partition coefficient (Wildman–Crippen LogP) is 4.83. The van der Waals surface area contributed by atoms with Crippen molar-refractivity contribution in [1.29, 1.82) is 0 Å². The summed E-state index contributed by atoms with van der Waals surface area (Å²) in [4.78, 5) is 0. The van der Waals surface area contributed by atoms with E-state index in [1.54, 1.807) is 0 Å². The van der Waals surface area contributed by atoms with Crippen molar-refractivity contribution in [1.82, 2.24) is 5.32 Å². The first kappa shape index (κ1) is 15.8. The number of benzene rings is 2. The van der Waals surface area contributed by atoms with Crippen molar-refractivity contribution in [3.63, 3.8) is 0 Å². The van der Waals surface area contributed by atoms with Crippen molar-refractivity contribution < 1.29 is 0 Å². The third-order valence-corrected chi connectivity index (χ3v) is 4.20. The average Bonchev–Trinajstić information content (AvgIpc) is 2.49. The van der Waals surface area contributed by atoms with Crippen LogP contribution < -0.4 is 5.32 Å². The SMILES string of the molecule is CCNC(c1ccccc1)C(C)Cc1cc(C)ccc1C. The Labute approximate surface area is 129 Å². The Morgan fingerprint density at radius 3 is 2.38 bits per heavy atom. The van der Waals surface area contributed by atoms with E-state index in [9.17, 15) is 0 Å². The normalized spacial score (nSPS) is 13.9. The molecule has 0 aliphatic heterocycles. The molecule has 21 heavy (non-hydrogen) atoms. The van der Waals surface area contributed by atoms with Crippen molar-refractivity contribution in [2.75, 3.05) is 6.54 Å². The molecule has 0 fully saturated rings. The Bertz CT molecular complexity index is 559. The highest BCUT2D eigenvalue weighted by molar-refractivity contribution is 5.31. The Balaban J connectivity index is 2.19. The lowest BCUT2D eigenvalue weighted by molar-refractivity contribution is 0.391. The van der Waals surface area contributed by atoms with Crippen molar-refractivity contribution in [2.24, 2.45) is 5.92 Å². The summed E-state index contributed by atoms with van der Waals surface area (Å²) in [5.41, 5.74) is 5.61. The number of hydrogen-bond acceptors (Lipinski definition) is 1. The fourth-order valence-electron chi connectivity index (χ4n) is 3.01. The Morgan fingerprint density at radius 1 is 1.00 bits per heavy atom. The Hall–Kier alpha value is -1.60. The van der Waals surface area contributed by atoms with E-state index in [4.69, 9.17) is 0 Å². The van der Waals surface area contributed by atoms with Gasteiger partial charge in [0.25, 0.3) is 0 Å². The summed E-state index contributed by atoms with van der Waals surface area (Å²) in [6, 6.07) is 18.0. The fraction of sp³-hybridized carbons (Fsp3) is 0.400. The monoisotopic (exact) mass is 281 g/mol. The molecule has 1 N–H and O–H groups in total. The highest BCUT2D eigenvalue weighted by atomic mass is 14.9. The quantitative estimate of drug-likeness (QED) is 0.799. The molecule has 0 aromatic heterocycles. The van der Waals surface area contributed by atoms with Gasteiger partial charge in [-0.15, -0.1) is 0 Å². The summed E-state index contributed by atoms with van der Waals surface area (Å²) in [6.45, 7) is 9.91. The summed E-state index contributed by atoms with van der Waals surface area (Å²) >= 11 is 0. The predicted molar refractivity (Wildman–Crippen MR) is 91.6 cm³/mol. The van der Waals surface area contributed by atoms with Gasteiger partial charge in [-0.3, -0.25) is 0 Å². The fourth-order valence-corrected chi connectivity index (χ4v) is 3.01. The molecule has 2 aromatic carbocycles. The summed E-state index contributed by atoms with van der Waals surface area (Å²) in [5.74, 6) is 0.563. The van der Waals surface area contributed by atoms with Crippen molar-refractivity contribution in [2.45, 2.75) is 40.2 Å². The molecule has 2 aromatic rings. The minimum absolute atomic E-state index is 0.413. The third kappa shape index (κ3) is 4.18. The van der Waals surface area contributed by atoms with E-state index in [1.165, 1.54) is 22.3 Å². The maximum absolute atomic E-state index is 3.65. The molecule has 1 nitrogen and oxygen atoms in total. The van der Waals surface area contributed by atoms with Gasteiger partial charge in [0, 0.05) is 6.04 Å². The maximum atomic E-state index is 3.65. The Kier molecular flexibility index (Phi) is 5.58. The topological polar surface area (TPSA) is 12.0 Å². The van der Waals surface area contributed by atoms with Crippen LogP contribution in [0.15, 0.2) is 48.5 Å². The molecule has 0 bridgehead atoms.